The van der Waals surface area contributed by atoms with E-state index < -0.39 is 0 Å². The lowest BCUT2D eigenvalue weighted by atomic mass is 9.93. The van der Waals surface area contributed by atoms with Gasteiger partial charge in [0.15, 0.2) is 0 Å². The molecule has 3 rings (SSSR count). The quantitative estimate of drug-likeness (QED) is 0.939. The molecule has 1 aliphatic heterocycles. The van der Waals surface area contributed by atoms with Gasteiger partial charge >= 0.3 is 0 Å². The maximum absolute atomic E-state index is 12.8. The number of amides is 1. The van der Waals surface area contributed by atoms with Gasteiger partial charge in [0.2, 0.25) is 0 Å². The summed E-state index contributed by atoms with van der Waals surface area (Å²) in [6.07, 6.45) is 6.83. The van der Waals surface area contributed by atoms with Crippen molar-refractivity contribution in [3.8, 4) is 0 Å². The highest BCUT2D eigenvalue weighted by molar-refractivity contribution is 5.95. The second kappa shape index (κ2) is 6.34. The number of hydrogen-bond acceptors (Lipinski definition) is 3. The fourth-order valence-corrected chi connectivity index (χ4v) is 3.19. The van der Waals surface area contributed by atoms with Crippen molar-refractivity contribution in [3.63, 3.8) is 0 Å². The number of carbonyl (C=O) groups excluding carboxylic acids is 1. The average Bonchev–Trinajstić information content (AvgIpc) is 3.16. The Morgan fingerprint density at radius 3 is 3.05 bits per heavy atom. The lowest BCUT2D eigenvalue weighted by molar-refractivity contribution is 0.0672. The minimum Gasteiger partial charge on any atom is -0.338 e. The third-order valence-electron chi connectivity index (χ3n) is 4.37. The van der Waals surface area contributed by atoms with Crippen LogP contribution in [0.25, 0.3) is 0 Å². The second-order valence-corrected chi connectivity index (χ2v) is 6.03. The van der Waals surface area contributed by atoms with Crippen LogP contribution < -0.4 is 0 Å². The first-order valence-corrected chi connectivity index (χ1v) is 7.99. The SMILES string of the molecule is CCn1cc(C(=O)N2CCC[C@@H](Cc3ccn[nH]3)C2)c(C)n1. The van der Waals surface area contributed by atoms with Gasteiger partial charge in [-0.25, -0.2) is 0 Å². The zero-order chi connectivity index (χ0) is 15.5. The van der Waals surface area contributed by atoms with Gasteiger partial charge in [-0.2, -0.15) is 10.2 Å². The lowest BCUT2D eigenvalue weighted by Gasteiger charge is -2.32. The van der Waals surface area contributed by atoms with E-state index in [-0.39, 0.29) is 5.91 Å². The van der Waals surface area contributed by atoms with Gasteiger partial charge in [-0.3, -0.25) is 14.6 Å². The van der Waals surface area contributed by atoms with Crippen LogP contribution in [0.3, 0.4) is 0 Å². The molecule has 0 bridgehead atoms. The molecule has 1 N–H and O–H groups in total. The third-order valence-corrected chi connectivity index (χ3v) is 4.37. The van der Waals surface area contributed by atoms with Crippen molar-refractivity contribution in [2.24, 2.45) is 5.92 Å². The van der Waals surface area contributed by atoms with Crippen molar-refractivity contribution in [2.75, 3.05) is 13.1 Å². The normalized spacial score (nSPS) is 18.6. The maximum atomic E-state index is 12.8. The Morgan fingerprint density at radius 1 is 1.50 bits per heavy atom. The van der Waals surface area contributed by atoms with Gasteiger partial charge in [0.05, 0.1) is 11.3 Å². The summed E-state index contributed by atoms with van der Waals surface area (Å²) < 4.78 is 1.83. The van der Waals surface area contributed by atoms with Crippen LogP contribution in [0.1, 0.15) is 41.5 Å². The molecule has 2 aromatic heterocycles. The minimum atomic E-state index is 0.117. The molecule has 118 valence electrons. The van der Waals surface area contributed by atoms with Crippen LogP contribution in [0.15, 0.2) is 18.5 Å². The molecule has 0 aliphatic carbocycles. The molecule has 0 saturated carbocycles. The highest BCUT2D eigenvalue weighted by Crippen LogP contribution is 2.22. The molecule has 1 amide bonds. The molecule has 22 heavy (non-hydrogen) atoms. The molecule has 1 fully saturated rings. The Kier molecular flexibility index (Phi) is 4.27. The fraction of sp³-hybridized carbons (Fsp3) is 0.562. The van der Waals surface area contributed by atoms with Crippen molar-refractivity contribution < 1.29 is 4.79 Å². The summed E-state index contributed by atoms with van der Waals surface area (Å²) in [5.41, 5.74) is 2.71. The Bertz CT molecular complexity index is 631. The van der Waals surface area contributed by atoms with E-state index in [9.17, 15) is 4.79 Å². The van der Waals surface area contributed by atoms with E-state index in [0.717, 1.165) is 55.8 Å². The standard InChI is InChI=1S/C16H23N5O/c1-3-21-11-15(12(2)19-21)16(22)20-8-4-5-13(10-20)9-14-6-7-17-18-14/h6-7,11,13H,3-5,8-10H2,1-2H3,(H,17,18)/t13-/m0/s1. The number of likely N-dealkylation sites (tertiary alicyclic amines) is 1. The predicted molar refractivity (Wildman–Crippen MR) is 83.6 cm³/mol. The van der Waals surface area contributed by atoms with E-state index >= 15 is 0 Å². The van der Waals surface area contributed by atoms with Crippen molar-refractivity contribution in [1.29, 1.82) is 0 Å². The molecular formula is C16H23N5O. The molecule has 0 unspecified atom stereocenters. The third kappa shape index (κ3) is 3.05. The number of piperidine rings is 1. The van der Waals surface area contributed by atoms with E-state index in [0.29, 0.717) is 5.92 Å². The summed E-state index contributed by atoms with van der Waals surface area (Å²) in [7, 11) is 0. The Morgan fingerprint density at radius 2 is 2.36 bits per heavy atom. The maximum Gasteiger partial charge on any atom is 0.257 e. The van der Waals surface area contributed by atoms with Crippen LogP contribution in [0.4, 0.5) is 0 Å². The molecule has 1 saturated heterocycles. The number of hydrogen-bond donors (Lipinski definition) is 1. The Balaban J connectivity index is 1.68. The number of nitrogens with zero attached hydrogens (tertiary/aromatic N) is 4. The van der Waals surface area contributed by atoms with Crippen LogP contribution in [-0.4, -0.2) is 43.9 Å². The van der Waals surface area contributed by atoms with Gasteiger partial charge in [-0.1, -0.05) is 0 Å². The van der Waals surface area contributed by atoms with E-state index in [4.69, 9.17) is 0 Å². The van der Waals surface area contributed by atoms with Gasteiger partial charge in [0.25, 0.3) is 5.91 Å². The summed E-state index contributed by atoms with van der Waals surface area (Å²) in [6.45, 7) is 6.38. The van der Waals surface area contributed by atoms with Gasteiger partial charge in [-0.05, 0) is 45.1 Å². The van der Waals surface area contributed by atoms with E-state index in [2.05, 4.69) is 15.3 Å². The number of H-pyrrole nitrogens is 1. The van der Waals surface area contributed by atoms with Crippen LogP contribution >= 0.6 is 0 Å². The van der Waals surface area contributed by atoms with Gasteiger partial charge in [-0.15, -0.1) is 0 Å². The molecule has 6 nitrogen and oxygen atoms in total. The molecule has 1 aliphatic rings. The first-order valence-electron chi connectivity index (χ1n) is 7.99. The summed E-state index contributed by atoms with van der Waals surface area (Å²) in [5.74, 6) is 0.617. The highest BCUT2D eigenvalue weighted by Gasteiger charge is 2.26. The smallest absolute Gasteiger partial charge is 0.257 e. The van der Waals surface area contributed by atoms with Crippen LogP contribution in [0.2, 0.25) is 0 Å². The molecule has 2 aromatic rings. The number of aromatic nitrogens is 4. The second-order valence-electron chi connectivity index (χ2n) is 6.03. The predicted octanol–water partition coefficient (Wildman–Crippen LogP) is 2.03. The Labute approximate surface area is 130 Å². The first kappa shape index (κ1) is 14.8. The molecule has 0 aromatic carbocycles. The van der Waals surface area contributed by atoms with Gasteiger partial charge in [0, 0.05) is 37.7 Å². The van der Waals surface area contributed by atoms with Crippen molar-refractivity contribution in [1.82, 2.24) is 24.9 Å². The summed E-state index contributed by atoms with van der Waals surface area (Å²) in [5, 5.41) is 11.4. The number of aromatic amines is 1. The average molecular weight is 301 g/mol. The Hall–Kier alpha value is -2.11. The van der Waals surface area contributed by atoms with Gasteiger partial charge in [0.1, 0.15) is 0 Å². The summed E-state index contributed by atoms with van der Waals surface area (Å²) in [4.78, 5) is 14.7. The van der Waals surface area contributed by atoms with E-state index in [1.807, 2.05) is 35.7 Å². The first-order chi connectivity index (χ1) is 10.7. The molecule has 6 heteroatoms. The van der Waals surface area contributed by atoms with Crippen LogP contribution in [0.5, 0.6) is 0 Å². The van der Waals surface area contributed by atoms with Crippen molar-refractivity contribution in [3.05, 3.63) is 35.4 Å². The zero-order valence-corrected chi connectivity index (χ0v) is 13.2. The summed E-state index contributed by atoms with van der Waals surface area (Å²) in [6, 6.07) is 2.01. The van der Waals surface area contributed by atoms with Gasteiger partial charge < -0.3 is 4.90 Å². The molecule has 0 radical (unpaired) electrons. The van der Waals surface area contributed by atoms with E-state index in [1.165, 1.54) is 0 Å². The molecular weight excluding hydrogens is 278 g/mol. The molecule has 1 atom stereocenters. The summed E-state index contributed by atoms with van der Waals surface area (Å²) >= 11 is 0. The zero-order valence-electron chi connectivity index (χ0n) is 13.2. The van der Waals surface area contributed by atoms with E-state index in [1.54, 1.807) is 6.20 Å². The lowest BCUT2D eigenvalue weighted by Crippen LogP contribution is -2.40. The topological polar surface area (TPSA) is 66.8 Å². The highest BCUT2D eigenvalue weighted by atomic mass is 16.2. The fourth-order valence-electron chi connectivity index (χ4n) is 3.19. The van der Waals surface area contributed by atoms with Crippen molar-refractivity contribution in [2.45, 2.75) is 39.7 Å². The van der Waals surface area contributed by atoms with Crippen molar-refractivity contribution >= 4 is 5.91 Å². The number of aryl methyl sites for hydroxylation is 2. The van der Waals surface area contributed by atoms with Crippen LogP contribution in [0, 0.1) is 12.8 Å². The molecule has 0 spiro atoms. The molecule has 3 heterocycles. The minimum absolute atomic E-state index is 0.117. The monoisotopic (exact) mass is 301 g/mol. The number of nitrogens with one attached hydrogen (secondary N) is 1. The number of carbonyl (C=O) groups is 1. The largest absolute Gasteiger partial charge is 0.338 e. The van der Waals surface area contributed by atoms with Crippen LogP contribution in [-0.2, 0) is 13.0 Å². The number of rotatable bonds is 4.